The molecule has 0 aromatic heterocycles. The summed E-state index contributed by atoms with van der Waals surface area (Å²) in [7, 11) is 1.51. The number of hydrogen-bond donors (Lipinski definition) is 2. The Morgan fingerprint density at radius 1 is 1.32 bits per heavy atom. The number of nitrogens with zero attached hydrogens (tertiary/aromatic N) is 1. The topological polar surface area (TPSA) is 91.2 Å². The van der Waals surface area contributed by atoms with E-state index in [2.05, 4.69) is 16.7 Å². The normalized spacial score (nSPS) is 15.8. The molecule has 31 heavy (non-hydrogen) atoms. The summed E-state index contributed by atoms with van der Waals surface area (Å²) >= 11 is 13.4. The van der Waals surface area contributed by atoms with Crippen LogP contribution in [0.15, 0.2) is 47.0 Å². The number of methoxy groups -OCH3 is 1. The van der Waals surface area contributed by atoms with Crippen LogP contribution in [-0.2, 0) is 9.59 Å². The second-order valence-corrected chi connectivity index (χ2v) is 8.60. The zero-order valence-electron chi connectivity index (χ0n) is 16.8. The highest BCUT2D eigenvalue weighted by atomic mass is 35.5. The van der Waals surface area contributed by atoms with Crippen molar-refractivity contribution in [2.24, 2.45) is 0 Å². The van der Waals surface area contributed by atoms with Crippen LogP contribution in [0.4, 0.5) is 5.69 Å². The van der Waals surface area contributed by atoms with Crippen LogP contribution in [-0.4, -0.2) is 24.7 Å². The smallest absolute Gasteiger partial charge is 0.234 e. The fourth-order valence-electron chi connectivity index (χ4n) is 3.18. The number of carbonyl (C=O) groups excluding carboxylic acids is 2. The van der Waals surface area contributed by atoms with Crippen molar-refractivity contribution in [1.29, 1.82) is 5.26 Å². The molecule has 0 unspecified atom stereocenters. The summed E-state index contributed by atoms with van der Waals surface area (Å²) in [5, 5.41) is 16.6. The monoisotopic (exact) mass is 475 g/mol. The number of carbonyl (C=O) groups is 2. The lowest BCUT2D eigenvalue weighted by atomic mass is 9.87. The second-order valence-electron chi connectivity index (χ2n) is 6.80. The zero-order chi connectivity index (χ0) is 22.5. The number of halogens is 2. The summed E-state index contributed by atoms with van der Waals surface area (Å²) in [5.74, 6) is -0.435. The van der Waals surface area contributed by atoms with E-state index in [1.54, 1.807) is 36.4 Å². The molecular formula is C22H19Cl2N3O3S. The molecule has 160 valence electrons. The van der Waals surface area contributed by atoms with Gasteiger partial charge in [0.1, 0.15) is 5.75 Å². The molecule has 2 aromatic rings. The second kappa shape index (κ2) is 10.1. The van der Waals surface area contributed by atoms with Crippen molar-refractivity contribution in [2.75, 3.05) is 18.2 Å². The maximum atomic E-state index is 12.4. The lowest BCUT2D eigenvalue weighted by Gasteiger charge is -2.25. The van der Waals surface area contributed by atoms with E-state index < -0.39 is 5.92 Å². The lowest BCUT2D eigenvalue weighted by Crippen LogP contribution is -2.31. The molecule has 0 fully saturated rings. The summed E-state index contributed by atoms with van der Waals surface area (Å²) in [5.41, 5.74) is 2.50. The highest BCUT2D eigenvalue weighted by molar-refractivity contribution is 8.03. The lowest BCUT2D eigenvalue weighted by molar-refractivity contribution is -0.121. The number of nitriles is 1. The largest absolute Gasteiger partial charge is 0.495 e. The van der Waals surface area contributed by atoms with E-state index in [4.69, 9.17) is 27.9 Å². The van der Waals surface area contributed by atoms with Crippen LogP contribution in [0.5, 0.6) is 5.75 Å². The van der Waals surface area contributed by atoms with Crippen LogP contribution in [0.25, 0.3) is 0 Å². The molecular weight excluding hydrogens is 457 g/mol. The molecule has 1 heterocycles. The average Bonchev–Trinajstić information content (AvgIpc) is 2.75. The SMILES string of the molecule is COc1ccc([C@H]2CC(=O)NC(SCC(=O)Nc3cccc(Cl)c3C)=C2C#N)cc1Cl. The molecule has 0 spiro atoms. The van der Waals surface area contributed by atoms with Gasteiger partial charge in [0.15, 0.2) is 0 Å². The van der Waals surface area contributed by atoms with Crippen LogP contribution in [0, 0.1) is 18.3 Å². The molecule has 0 saturated carbocycles. The van der Waals surface area contributed by atoms with Crippen LogP contribution < -0.4 is 15.4 Å². The van der Waals surface area contributed by atoms with Gasteiger partial charge in [-0.25, -0.2) is 0 Å². The first-order valence-corrected chi connectivity index (χ1v) is 11.0. The van der Waals surface area contributed by atoms with Gasteiger partial charge < -0.3 is 15.4 Å². The number of amides is 2. The first-order valence-electron chi connectivity index (χ1n) is 9.29. The minimum absolute atomic E-state index is 0.0167. The molecule has 9 heteroatoms. The van der Waals surface area contributed by atoms with Gasteiger partial charge >= 0.3 is 0 Å². The number of thioether (sulfide) groups is 1. The Labute approximate surface area is 194 Å². The number of ether oxygens (including phenoxy) is 1. The maximum Gasteiger partial charge on any atom is 0.234 e. The third kappa shape index (κ3) is 5.34. The minimum atomic E-state index is -0.456. The standard InChI is InChI=1S/C22H19Cl2N3O3S/c1-12-16(23)4-3-5-18(12)26-21(29)11-31-22-15(10-25)14(9-20(28)27-22)13-6-7-19(30-2)17(24)8-13/h3-8,14H,9,11H2,1-2H3,(H,26,29)(H,27,28)/t14-/m1/s1. The Hall–Kier alpha value is -2.66. The van der Waals surface area contributed by atoms with Crippen molar-refractivity contribution in [3.63, 3.8) is 0 Å². The van der Waals surface area contributed by atoms with Gasteiger partial charge in [-0.3, -0.25) is 9.59 Å². The number of allylic oxidation sites excluding steroid dienone is 1. The molecule has 3 rings (SSSR count). The van der Waals surface area contributed by atoms with Crippen LogP contribution in [0.3, 0.4) is 0 Å². The van der Waals surface area contributed by atoms with Crippen LogP contribution in [0.2, 0.25) is 10.0 Å². The molecule has 2 amide bonds. The summed E-state index contributed by atoms with van der Waals surface area (Å²) in [6.07, 6.45) is 0.115. The quantitative estimate of drug-likeness (QED) is 0.611. The van der Waals surface area contributed by atoms with E-state index in [0.717, 1.165) is 22.9 Å². The summed E-state index contributed by atoms with van der Waals surface area (Å²) in [4.78, 5) is 24.7. The molecule has 1 aliphatic heterocycles. The van der Waals surface area contributed by atoms with Crippen LogP contribution in [0.1, 0.15) is 23.5 Å². The van der Waals surface area contributed by atoms with Gasteiger partial charge in [0.25, 0.3) is 0 Å². The van der Waals surface area contributed by atoms with E-state index in [9.17, 15) is 14.9 Å². The number of rotatable bonds is 6. The van der Waals surface area contributed by atoms with Crippen LogP contribution >= 0.6 is 35.0 Å². The van der Waals surface area contributed by atoms with Gasteiger partial charge in [-0.15, -0.1) is 0 Å². The summed E-state index contributed by atoms with van der Waals surface area (Å²) in [6.45, 7) is 1.81. The summed E-state index contributed by atoms with van der Waals surface area (Å²) in [6, 6.07) is 12.6. The Morgan fingerprint density at radius 2 is 2.10 bits per heavy atom. The van der Waals surface area contributed by atoms with Crippen molar-refractivity contribution < 1.29 is 14.3 Å². The van der Waals surface area contributed by atoms with E-state index >= 15 is 0 Å². The Balaban J connectivity index is 1.79. The highest BCUT2D eigenvalue weighted by Gasteiger charge is 2.30. The first kappa shape index (κ1) is 23.0. The van der Waals surface area contributed by atoms with E-state index in [1.807, 2.05) is 6.92 Å². The fourth-order valence-corrected chi connectivity index (χ4v) is 4.50. The molecule has 1 atom stereocenters. The third-order valence-corrected chi connectivity index (χ3v) is 6.55. The van der Waals surface area contributed by atoms with Gasteiger partial charge in [-0.2, -0.15) is 5.26 Å². The van der Waals surface area contributed by atoms with Crippen molar-refractivity contribution in [2.45, 2.75) is 19.3 Å². The minimum Gasteiger partial charge on any atom is -0.495 e. The van der Waals surface area contributed by atoms with Gasteiger partial charge in [-0.1, -0.05) is 47.1 Å². The maximum absolute atomic E-state index is 12.4. The van der Waals surface area contributed by atoms with Gasteiger partial charge in [0, 0.05) is 23.0 Å². The van der Waals surface area contributed by atoms with E-state index in [1.165, 1.54) is 7.11 Å². The number of hydrogen-bond acceptors (Lipinski definition) is 5. The van der Waals surface area contributed by atoms with E-state index in [-0.39, 0.29) is 24.0 Å². The molecule has 2 aromatic carbocycles. The molecule has 0 saturated heterocycles. The van der Waals surface area contributed by atoms with Crippen molar-refractivity contribution in [3.05, 3.63) is 68.2 Å². The number of anilines is 1. The van der Waals surface area contributed by atoms with Gasteiger partial charge in [-0.05, 0) is 42.3 Å². The van der Waals surface area contributed by atoms with Gasteiger partial charge in [0.2, 0.25) is 11.8 Å². The number of nitrogens with one attached hydrogen (secondary N) is 2. The van der Waals surface area contributed by atoms with E-state index in [0.29, 0.717) is 32.1 Å². The average molecular weight is 476 g/mol. The highest BCUT2D eigenvalue weighted by Crippen LogP contribution is 2.38. The van der Waals surface area contributed by atoms with Crippen molar-refractivity contribution in [1.82, 2.24) is 5.32 Å². The Morgan fingerprint density at radius 3 is 2.77 bits per heavy atom. The molecule has 0 bridgehead atoms. The molecule has 0 aliphatic carbocycles. The predicted molar refractivity (Wildman–Crippen MR) is 123 cm³/mol. The molecule has 6 nitrogen and oxygen atoms in total. The number of benzene rings is 2. The van der Waals surface area contributed by atoms with Crippen molar-refractivity contribution >= 4 is 52.5 Å². The van der Waals surface area contributed by atoms with Gasteiger partial charge in [0.05, 0.1) is 34.6 Å². The Bertz CT molecular complexity index is 1110. The first-order chi connectivity index (χ1) is 14.8. The van der Waals surface area contributed by atoms with Crippen molar-refractivity contribution in [3.8, 4) is 11.8 Å². The fraction of sp³-hybridized carbons (Fsp3) is 0.227. The predicted octanol–water partition coefficient (Wildman–Crippen LogP) is 5.02. The summed E-state index contributed by atoms with van der Waals surface area (Å²) < 4.78 is 5.17. The zero-order valence-corrected chi connectivity index (χ0v) is 19.1. The molecule has 1 aliphatic rings. The third-order valence-electron chi connectivity index (χ3n) is 4.82. The Kier molecular flexibility index (Phi) is 7.50. The molecule has 2 N–H and O–H groups in total. The molecule has 0 radical (unpaired) electrons.